The fourth-order valence-electron chi connectivity index (χ4n) is 5.92. The highest BCUT2D eigenvalue weighted by Crippen LogP contribution is 2.51. The van der Waals surface area contributed by atoms with Gasteiger partial charge in [0.1, 0.15) is 5.82 Å². The van der Waals surface area contributed by atoms with E-state index in [0.717, 1.165) is 28.3 Å². The zero-order valence-electron chi connectivity index (χ0n) is 20.6. The smallest absolute Gasteiger partial charge is 0.181 e. The Kier molecular flexibility index (Phi) is 5.83. The number of imidazole rings is 1. The fourth-order valence-corrected chi connectivity index (χ4v) is 7.79. The van der Waals surface area contributed by atoms with E-state index in [1.807, 2.05) is 41.8 Å². The van der Waals surface area contributed by atoms with Crippen molar-refractivity contribution in [2.45, 2.75) is 49.2 Å². The fraction of sp³-hybridized carbons (Fsp3) is 0.267. The summed E-state index contributed by atoms with van der Waals surface area (Å²) in [5.74, 6) is -0.279. The Labute approximate surface area is 216 Å². The number of nitrogens with zero attached hydrogens (tertiary/aromatic N) is 3. The average Bonchev–Trinajstić information content (AvgIpc) is 3.30. The SMILES string of the molecule is Cc1ccc(S(=O)(=O)[C@H]2CCC3=Cc4c(ncn4-c4ccc(F)cc4)C[C@]3(Cc3ccccn3)C2)cc1. The van der Waals surface area contributed by atoms with Gasteiger partial charge in [-0.25, -0.2) is 17.8 Å². The number of fused-ring (bicyclic) bond motifs is 2. The molecule has 2 atom stereocenters. The van der Waals surface area contributed by atoms with Crippen LogP contribution in [0.15, 0.2) is 89.7 Å². The van der Waals surface area contributed by atoms with Crippen molar-refractivity contribution < 1.29 is 12.8 Å². The van der Waals surface area contributed by atoms with Crippen LogP contribution in [-0.2, 0) is 22.7 Å². The number of hydrogen-bond donors (Lipinski definition) is 0. The topological polar surface area (TPSA) is 64.8 Å². The molecule has 0 amide bonds. The Morgan fingerprint density at radius 1 is 1.03 bits per heavy atom. The number of benzene rings is 2. The van der Waals surface area contributed by atoms with E-state index in [1.54, 1.807) is 36.8 Å². The largest absolute Gasteiger partial charge is 0.299 e. The number of aromatic nitrogens is 3. The summed E-state index contributed by atoms with van der Waals surface area (Å²) in [5, 5.41) is -0.475. The molecule has 37 heavy (non-hydrogen) atoms. The van der Waals surface area contributed by atoms with Crippen LogP contribution in [0.2, 0.25) is 0 Å². The molecular weight excluding hydrogens is 485 g/mol. The number of rotatable bonds is 5. The molecule has 0 aliphatic heterocycles. The van der Waals surface area contributed by atoms with Crippen molar-refractivity contribution in [1.29, 1.82) is 0 Å². The van der Waals surface area contributed by atoms with E-state index in [9.17, 15) is 12.8 Å². The predicted molar refractivity (Wildman–Crippen MR) is 142 cm³/mol. The quantitative estimate of drug-likeness (QED) is 0.333. The van der Waals surface area contributed by atoms with Crippen molar-refractivity contribution in [3.8, 4) is 5.69 Å². The van der Waals surface area contributed by atoms with Gasteiger partial charge in [0.15, 0.2) is 9.84 Å². The Morgan fingerprint density at radius 2 is 1.81 bits per heavy atom. The van der Waals surface area contributed by atoms with Crippen LogP contribution in [0.5, 0.6) is 0 Å². The van der Waals surface area contributed by atoms with E-state index in [0.29, 0.717) is 37.0 Å². The van der Waals surface area contributed by atoms with Crippen LogP contribution in [-0.4, -0.2) is 28.2 Å². The molecule has 6 rings (SSSR count). The molecule has 0 bridgehead atoms. The second-order valence-electron chi connectivity index (χ2n) is 10.3. The first-order chi connectivity index (χ1) is 17.8. The highest BCUT2D eigenvalue weighted by Gasteiger charge is 2.47. The zero-order chi connectivity index (χ0) is 25.6. The lowest BCUT2D eigenvalue weighted by Gasteiger charge is -2.45. The van der Waals surface area contributed by atoms with Crippen LogP contribution in [0.4, 0.5) is 4.39 Å². The van der Waals surface area contributed by atoms with Gasteiger partial charge in [0.05, 0.1) is 27.9 Å². The van der Waals surface area contributed by atoms with Gasteiger partial charge in [-0.2, -0.15) is 0 Å². The number of hydrogen-bond acceptors (Lipinski definition) is 4. The molecule has 188 valence electrons. The molecule has 2 heterocycles. The van der Waals surface area contributed by atoms with E-state index in [-0.39, 0.29) is 11.2 Å². The van der Waals surface area contributed by atoms with Crippen LogP contribution in [0.1, 0.15) is 41.9 Å². The van der Waals surface area contributed by atoms with E-state index < -0.39 is 15.1 Å². The third-order valence-corrected chi connectivity index (χ3v) is 10.1. The lowest BCUT2D eigenvalue weighted by Crippen LogP contribution is -2.42. The second-order valence-corrected chi connectivity index (χ2v) is 12.5. The third kappa shape index (κ3) is 4.31. The maximum atomic E-state index is 13.7. The number of halogens is 1. The number of pyridine rings is 1. The molecule has 4 aromatic rings. The first-order valence-corrected chi connectivity index (χ1v) is 14.1. The van der Waals surface area contributed by atoms with Gasteiger partial charge in [-0.05, 0) is 87.2 Å². The number of aryl methyl sites for hydroxylation is 1. The van der Waals surface area contributed by atoms with Crippen LogP contribution in [0, 0.1) is 18.2 Å². The van der Waals surface area contributed by atoms with Crippen LogP contribution in [0.3, 0.4) is 0 Å². The summed E-state index contributed by atoms with van der Waals surface area (Å²) in [5.41, 5.74) is 5.60. The van der Waals surface area contributed by atoms with E-state index in [4.69, 9.17) is 4.98 Å². The van der Waals surface area contributed by atoms with E-state index >= 15 is 0 Å². The molecule has 2 aliphatic carbocycles. The Balaban J connectivity index is 1.41. The third-order valence-electron chi connectivity index (χ3n) is 7.88. The lowest BCUT2D eigenvalue weighted by atomic mass is 9.62. The number of sulfone groups is 1. The molecule has 2 aliphatic rings. The van der Waals surface area contributed by atoms with Crippen molar-refractivity contribution in [1.82, 2.24) is 14.5 Å². The van der Waals surface area contributed by atoms with E-state index in [1.165, 1.54) is 17.7 Å². The van der Waals surface area contributed by atoms with Gasteiger partial charge in [-0.1, -0.05) is 29.3 Å². The van der Waals surface area contributed by atoms with E-state index in [2.05, 4.69) is 11.1 Å². The van der Waals surface area contributed by atoms with Gasteiger partial charge in [-0.3, -0.25) is 9.55 Å². The minimum absolute atomic E-state index is 0.279. The van der Waals surface area contributed by atoms with Gasteiger partial charge in [-0.15, -0.1) is 0 Å². The standard InChI is InChI=1S/C30H28FN3O2S/c1-21-5-12-26(13-6-21)37(35,36)27-14-7-22-16-29-28(33-20-34(29)25-10-8-23(31)9-11-25)19-30(22,18-27)17-24-4-2-3-15-32-24/h2-6,8-13,15-16,20,27H,7,14,17-19H2,1H3/t27-,30-/m0/s1. The van der Waals surface area contributed by atoms with Crippen molar-refractivity contribution in [3.63, 3.8) is 0 Å². The second kappa shape index (κ2) is 9.06. The molecule has 1 fully saturated rings. The molecule has 1 saturated carbocycles. The zero-order valence-corrected chi connectivity index (χ0v) is 21.5. The van der Waals surface area contributed by atoms with Crippen molar-refractivity contribution >= 4 is 15.9 Å². The first kappa shape index (κ1) is 23.8. The molecule has 0 unspecified atom stereocenters. The summed E-state index contributed by atoms with van der Waals surface area (Å²) in [7, 11) is -3.49. The Hall–Kier alpha value is -3.58. The molecule has 0 spiro atoms. The van der Waals surface area contributed by atoms with Gasteiger partial charge in [0, 0.05) is 29.4 Å². The normalized spacial score (nSPS) is 21.1. The monoisotopic (exact) mass is 513 g/mol. The molecule has 0 radical (unpaired) electrons. The highest BCUT2D eigenvalue weighted by molar-refractivity contribution is 7.92. The molecule has 0 N–H and O–H groups in total. The summed E-state index contributed by atoms with van der Waals surface area (Å²) < 4.78 is 43.0. The molecule has 2 aromatic heterocycles. The highest BCUT2D eigenvalue weighted by atomic mass is 32.2. The van der Waals surface area contributed by atoms with Crippen molar-refractivity contribution in [3.05, 3.63) is 113 Å². The molecule has 2 aromatic carbocycles. The van der Waals surface area contributed by atoms with Gasteiger partial charge < -0.3 is 0 Å². The van der Waals surface area contributed by atoms with Gasteiger partial charge >= 0.3 is 0 Å². The van der Waals surface area contributed by atoms with Crippen LogP contribution < -0.4 is 0 Å². The van der Waals surface area contributed by atoms with Gasteiger partial charge in [0.2, 0.25) is 0 Å². The summed E-state index contributed by atoms with van der Waals surface area (Å²) in [4.78, 5) is 9.73. The maximum absolute atomic E-state index is 13.7. The molecule has 0 saturated heterocycles. The lowest BCUT2D eigenvalue weighted by molar-refractivity contribution is 0.263. The Morgan fingerprint density at radius 3 is 2.54 bits per heavy atom. The average molecular weight is 514 g/mol. The first-order valence-electron chi connectivity index (χ1n) is 12.6. The summed E-state index contributed by atoms with van der Waals surface area (Å²) in [6.07, 6.45) is 8.84. The predicted octanol–water partition coefficient (Wildman–Crippen LogP) is 5.91. The minimum atomic E-state index is -3.49. The number of allylic oxidation sites excluding steroid dienone is 1. The summed E-state index contributed by atoms with van der Waals surface area (Å²) >= 11 is 0. The molecule has 7 heteroatoms. The van der Waals surface area contributed by atoms with Crippen LogP contribution >= 0.6 is 0 Å². The van der Waals surface area contributed by atoms with Crippen molar-refractivity contribution in [2.75, 3.05) is 0 Å². The minimum Gasteiger partial charge on any atom is -0.299 e. The summed E-state index contributed by atoms with van der Waals surface area (Å²) in [6, 6.07) is 19.4. The Bertz CT molecular complexity index is 1580. The molecule has 5 nitrogen and oxygen atoms in total. The van der Waals surface area contributed by atoms with Crippen molar-refractivity contribution in [2.24, 2.45) is 5.41 Å². The van der Waals surface area contributed by atoms with Gasteiger partial charge in [0.25, 0.3) is 0 Å². The molecular formula is C30H28FN3O2S. The maximum Gasteiger partial charge on any atom is 0.181 e. The van der Waals surface area contributed by atoms with Crippen LogP contribution in [0.25, 0.3) is 11.8 Å². The summed E-state index contributed by atoms with van der Waals surface area (Å²) in [6.45, 7) is 1.96.